The fourth-order valence-corrected chi connectivity index (χ4v) is 16.8. The van der Waals surface area contributed by atoms with E-state index in [1.807, 2.05) is 11.3 Å². The Morgan fingerprint density at radius 2 is 0.914 bits per heavy atom. The molecule has 2 N–H and O–H groups in total. The van der Waals surface area contributed by atoms with E-state index in [9.17, 15) is 0 Å². The number of aromatic nitrogens is 2. The zero-order valence-electron chi connectivity index (χ0n) is 50.2. The van der Waals surface area contributed by atoms with Crippen LogP contribution in [0.4, 0.5) is 17.1 Å². The monoisotopic (exact) mass is 1200 g/mol. The highest BCUT2D eigenvalue weighted by molar-refractivity contribution is 7.27. The van der Waals surface area contributed by atoms with Gasteiger partial charge in [0.1, 0.15) is 12.0 Å². The topological polar surface area (TPSA) is 58.6 Å². The van der Waals surface area contributed by atoms with Crippen LogP contribution in [0.2, 0.25) is 0 Å². The summed E-state index contributed by atoms with van der Waals surface area (Å²) >= 11 is 1.89. The standard InChI is InChI=1S/C86H54N6S/c1-3-18-51(19-4-1)52-34-36-56(37-35-52)82-86(92-73-45-40-53-20-7-9-26-62(53)77(73)78-63-27-10-8-21-54(63)41-46-74(78)92)89-70-44-39-58(50-71(70)87-82)57-38-43-64-59(48-57)42-47-72-79(64)80-66-29-12-11-28-65(66)76-68-31-14-16-33-75(68)93-84(76)83(80)91(72)61-25-17-24-60(49-61)85-88-69-32-15-13-30-67(69)81(90-85)55-22-5-2-6-23-55/h1-50,81,86,89H,(H,88,90). The molecule has 93 heavy (non-hydrogen) atoms. The summed E-state index contributed by atoms with van der Waals surface area (Å²) in [6.07, 6.45) is -0.340. The van der Waals surface area contributed by atoms with Gasteiger partial charge in [-0.2, -0.15) is 0 Å². The Hall–Kier alpha value is -11.9. The SMILES string of the molecule is c1ccc(-c2ccc(C3=Nc4cc(-c5ccc6c(ccc7c6c6c8ccccc8c8c9ccccc9sc8c6n7-c6cccc(C7=Nc8ccccc8C(c8ccccc8)N7)c6)c5)ccc4NC3n3c4ccc5ccccc5c4c4c5ccccc5ccc43)cc2)cc1. The average molecular weight is 1200 g/mol. The van der Waals surface area contributed by atoms with Crippen molar-refractivity contribution < 1.29 is 0 Å². The highest BCUT2D eigenvalue weighted by atomic mass is 32.1. The highest BCUT2D eigenvalue weighted by Crippen LogP contribution is 2.51. The zero-order valence-corrected chi connectivity index (χ0v) is 51.0. The molecule has 6 nitrogen and oxygen atoms in total. The number of anilines is 1. The molecule has 20 rings (SSSR count). The third-order valence-electron chi connectivity index (χ3n) is 19.7. The molecule has 15 aromatic carbocycles. The summed E-state index contributed by atoms with van der Waals surface area (Å²) in [6.45, 7) is 0. The van der Waals surface area contributed by atoms with Gasteiger partial charge in [-0.15, -0.1) is 11.3 Å². The van der Waals surface area contributed by atoms with Gasteiger partial charge in [0, 0.05) is 59.4 Å². The fourth-order valence-electron chi connectivity index (χ4n) is 15.6. The van der Waals surface area contributed by atoms with Crippen LogP contribution in [-0.4, -0.2) is 20.7 Å². The van der Waals surface area contributed by atoms with Gasteiger partial charge >= 0.3 is 0 Å². The lowest BCUT2D eigenvalue weighted by atomic mass is 9.95. The molecule has 3 aromatic heterocycles. The minimum Gasteiger partial charge on any atom is -0.359 e. The first-order valence-corrected chi connectivity index (χ1v) is 32.7. The first-order valence-electron chi connectivity index (χ1n) is 31.9. The van der Waals surface area contributed by atoms with Crippen LogP contribution in [0, 0.1) is 0 Å². The van der Waals surface area contributed by atoms with E-state index in [1.54, 1.807) is 0 Å². The van der Waals surface area contributed by atoms with Gasteiger partial charge in [0.2, 0.25) is 0 Å². The number of amidine groups is 1. The van der Waals surface area contributed by atoms with E-state index in [1.165, 1.54) is 113 Å². The van der Waals surface area contributed by atoms with Crippen molar-refractivity contribution in [2.45, 2.75) is 12.2 Å². The van der Waals surface area contributed by atoms with Crippen LogP contribution in [0.25, 0.3) is 135 Å². The number of aliphatic imine (C=N–C) groups is 2. The Morgan fingerprint density at radius 3 is 1.69 bits per heavy atom. The van der Waals surface area contributed by atoms with Crippen molar-refractivity contribution in [2.24, 2.45) is 9.98 Å². The summed E-state index contributed by atoms with van der Waals surface area (Å²) < 4.78 is 7.59. The van der Waals surface area contributed by atoms with Crippen LogP contribution < -0.4 is 10.6 Å². The molecule has 7 heteroatoms. The maximum Gasteiger partial charge on any atom is 0.148 e. The molecule has 0 radical (unpaired) electrons. The van der Waals surface area contributed by atoms with E-state index in [4.69, 9.17) is 9.98 Å². The minimum absolute atomic E-state index is 0.0488. The molecule has 18 aromatic rings. The van der Waals surface area contributed by atoms with E-state index in [0.717, 1.165) is 73.1 Å². The van der Waals surface area contributed by atoms with Crippen molar-refractivity contribution >= 4 is 147 Å². The van der Waals surface area contributed by atoms with E-state index >= 15 is 0 Å². The molecular formula is C86H54N6S. The smallest absolute Gasteiger partial charge is 0.148 e. The largest absolute Gasteiger partial charge is 0.359 e. The summed E-state index contributed by atoms with van der Waals surface area (Å²) in [6, 6.07) is 111. The number of para-hydroxylation sites is 1. The number of nitrogens with one attached hydrogen (secondary N) is 2. The van der Waals surface area contributed by atoms with Gasteiger partial charge in [-0.1, -0.05) is 243 Å². The fraction of sp³-hybridized carbons (Fsp3) is 0.0233. The van der Waals surface area contributed by atoms with Crippen LogP contribution >= 0.6 is 11.3 Å². The molecule has 0 saturated carbocycles. The molecule has 0 bridgehead atoms. The van der Waals surface area contributed by atoms with Gasteiger partial charge < -0.3 is 19.8 Å². The van der Waals surface area contributed by atoms with Gasteiger partial charge in [0.05, 0.1) is 55.6 Å². The normalized spacial score (nSPS) is 14.8. The molecule has 0 amide bonds. The Bertz CT molecular complexity index is 6160. The summed E-state index contributed by atoms with van der Waals surface area (Å²) in [7, 11) is 0. The minimum atomic E-state index is -0.340. The number of rotatable bonds is 7. The van der Waals surface area contributed by atoms with Gasteiger partial charge in [0.15, 0.2) is 0 Å². The van der Waals surface area contributed by atoms with Crippen molar-refractivity contribution in [3.63, 3.8) is 0 Å². The molecule has 0 aliphatic carbocycles. The predicted molar refractivity (Wildman–Crippen MR) is 393 cm³/mol. The van der Waals surface area contributed by atoms with Gasteiger partial charge in [-0.3, -0.25) is 0 Å². The van der Waals surface area contributed by atoms with Gasteiger partial charge in [-0.05, 0) is 132 Å². The van der Waals surface area contributed by atoms with E-state index in [-0.39, 0.29) is 12.2 Å². The third-order valence-corrected chi connectivity index (χ3v) is 20.9. The molecule has 0 saturated heterocycles. The molecule has 434 valence electrons. The van der Waals surface area contributed by atoms with Crippen LogP contribution in [0.3, 0.4) is 0 Å². The summed E-state index contributed by atoms with van der Waals surface area (Å²) in [4.78, 5) is 11.1. The van der Waals surface area contributed by atoms with E-state index < -0.39 is 0 Å². The predicted octanol–water partition coefficient (Wildman–Crippen LogP) is 22.7. The van der Waals surface area contributed by atoms with Crippen molar-refractivity contribution in [2.75, 3.05) is 5.32 Å². The number of fused-ring (bicyclic) bond motifs is 21. The number of thiophene rings is 1. The van der Waals surface area contributed by atoms with E-state index in [0.29, 0.717) is 0 Å². The maximum atomic E-state index is 5.80. The zero-order chi connectivity index (χ0) is 60.8. The van der Waals surface area contributed by atoms with Crippen molar-refractivity contribution in [1.82, 2.24) is 14.5 Å². The van der Waals surface area contributed by atoms with Crippen LogP contribution in [0.5, 0.6) is 0 Å². The molecule has 5 heterocycles. The van der Waals surface area contributed by atoms with Gasteiger partial charge in [-0.25, -0.2) is 9.98 Å². The first-order chi connectivity index (χ1) is 46.1. The number of hydrogen-bond acceptors (Lipinski definition) is 5. The Labute approximate surface area is 538 Å². The molecule has 2 aliphatic rings. The van der Waals surface area contributed by atoms with Crippen molar-refractivity contribution in [3.05, 3.63) is 326 Å². The Balaban J connectivity index is 0.761. The molecule has 2 atom stereocenters. The first kappa shape index (κ1) is 51.9. The highest BCUT2D eigenvalue weighted by Gasteiger charge is 2.31. The summed E-state index contributed by atoms with van der Waals surface area (Å²) in [5.74, 6) is 0.851. The molecule has 0 spiro atoms. The molecule has 2 aliphatic heterocycles. The van der Waals surface area contributed by atoms with Crippen LogP contribution in [-0.2, 0) is 0 Å². The van der Waals surface area contributed by atoms with E-state index in [2.05, 4.69) is 323 Å². The Morgan fingerprint density at radius 1 is 0.344 bits per heavy atom. The lowest BCUT2D eigenvalue weighted by molar-refractivity contribution is 0.749. The Kier molecular flexibility index (Phi) is 11.3. The molecule has 2 unspecified atom stereocenters. The quantitative estimate of drug-likeness (QED) is 0.167. The summed E-state index contributed by atoms with van der Waals surface area (Å²) in [5, 5.41) is 25.4. The number of hydrogen-bond donors (Lipinski definition) is 2. The molecular weight excluding hydrogens is 1150 g/mol. The second-order valence-electron chi connectivity index (χ2n) is 24.8. The second-order valence-corrected chi connectivity index (χ2v) is 25.9. The number of nitrogens with zero attached hydrogens (tertiary/aromatic N) is 4. The number of benzene rings is 15. The van der Waals surface area contributed by atoms with Crippen LogP contribution in [0.1, 0.15) is 34.5 Å². The maximum absolute atomic E-state index is 5.80. The third kappa shape index (κ3) is 7.94. The lowest BCUT2D eigenvalue weighted by Gasteiger charge is -2.30. The average Bonchev–Trinajstić information content (AvgIpc) is 1.54. The molecule has 0 fully saturated rings. The van der Waals surface area contributed by atoms with Crippen LogP contribution in [0.15, 0.2) is 313 Å². The second kappa shape index (κ2) is 20.3. The summed E-state index contributed by atoms with van der Waals surface area (Å²) in [5.41, 5.74) is 18.6. The van der Waals surface area contributed by atoms with Gasteiger partial charge in [0.25, 0.3) is 0 Å². The van der Waals surface area contributed by atoms with Crippen molar-refractivity contribution in [1.29, 1.82) is 0 Å². The van der Waals surface area contributed by atoms with Crippen molar-refractivity contribution in [3.8, 4) is 27.9 Å². The lowest BCUT2D eigenvalue weighted by Crippen LogP contribution is -2.32.